The number of methoxy groups -OCH3 is 1. The number of esters is 1. The lowest BCUT2D eigenvalue weighted by molar-refractivity contribution is 0.0592. The van der Waals surface area contributed by atoms with E-state index in [0.29, 0.717) is 10.6 Å². The summed E-state index contributed by atoms with van der Waals surface area (Å²) in [5.74, 6) is -0.696. The zero-order valence-corrected chi connectivity index (χ0v) is 15.3. The van der Waals surface area contributed by atoms with Crippen LogP contribution in [-0.2, 0) is 4.74 Å². The van der Waals surface area contributed by atoms with Crippen LogP contribution in [0.5, 0.6) is 0 Å². The minimum atomic E-state index is -0.627. The summed E-state index contributed by atoms with van der Waals surface area (Å²) in [6.07, 6.45) is 1.50. The van der Waals surface area contributed by atoms with Crippen molar-refractivity contribution in [1.29, 1.82) is 5.26 Å². The topological polar surface area (TPSA) is 101 Å². The fourth-order valence-electron chi connectivity index (χ4n) is 2.62. The lowest BCUT2D eigenvalue weighted by atomic mass is 10.2. The number of nitrogens with zero attached hydrogens (tertiary/aromatic N) is 3. The number of thiophene rings is 1. The van der Waals surface area contributed by atoms with E-state index < -0.39 is 5.97 Å². The third-order valence-electron chi connectivity index (χ3n) is 3.94. The molecule has 0 radical (unpaired) electrons. The van der Waals surface area contributed by atoms with Crippen molar-refractivity contribution in [2.75, 3.05) is 26.9 Å². The van der Waals surface area contributed by atoms with Crippen LogP contribution in [-0.4, -0.2) is 42.5 Å². The molecule has 1 aromatic carbocycles. The van der Waals surface area contributed by atoms with Crippen LogP contribution in [0.15, 0.2) is 30.5 Å². The van der Waals surface area contributed by atoms with Gasteiger partial charge in [0.1, 0.15) is 6.07 Å². The van der Waals surface area contributed by atoms with Crippen LogP contribution >= 0.6 is 11.3 Å². The van der Waals surface area contributed by atoms with Gasteiger partial charge in [-0.15, -0.1) is 11.3 Å². The molecule has 0 atom stereocenters. The van der Waals surface area contributed by atoms with Crippen molar-refractivity contribution in [3.8, 4) is 11.8 Å². The molecule has 0 aliphatic rings. The van der Waals surface area contributed by atoms with E-state index in [-0.39, 0.29) is 22.9 Å². The first-order valence-electron chi connectivity index (χ1n) is 7.62. The Kier molecular flexibility index (Phi) is 4.40. The molecule has 0 bridgehead atoms. The Labute approximate surface area is 153 Å². The van der Waals surface area contributed by atoms with E-state index in [1.54, 1.807) is 20.2 Å². The Balaban J connectivity index is 2.16. The predicted molar refractivity (Wildman–Crippen MR) is 99.6 cm³/mol. The smallest absolute Gasteiger partial charge is 0.357 e. The molecule has 2 N–H and O–H groups in total. The SMILES string of the molecule is COC(=O)c1c(N)c(C#N)cn1-c1ccc2sc(C(=O)N(C)C)cc2c1. The van der Waals surface area contributed by atoms with E-state index in [2.05, 4.69) is 0 Å². The summed E-state index contributed by atoms with van der Waals surface area (Å²) in [4.78, 5) is 26.4. The van der Waals surface area contributed by atoms with Crippen LogP contribution in [0, 0.1) is 11.3 Å². The van der Waals surface area contributed by atoms with Gasteiger partial charge in [0.05, 0.1) is 23.2 Å². The van der Waals surface area contributed by atoms with Gasteiger partial charge in [-0.2, -0.15) is 5.26 Å². The van der Waals surface area contributed by atoms with E-state index in [4.69, 9.17) is 10.5 Å². The summed E-state index contributed by atoms with van der Waals surface area (Å²) >= 11 is 1.40. The van der Waals surface area contributed by atoms with Crippen molar-refractivity contribution < 1.29 is 14.3 Å². The number of rotatable bonds is 3. The van der Waals surface area contributed by atoms with Gasteiger partial charge >= 0.3 is 5.97 Å². The molecule has 0 saturated carbocycles. The molecule has 3 rings (SSSR count). The highest BCUT2D eigenvalue weighted by Crippen LogP contribution is 2.31. The quantitative estimate of drug-likeness (QED) is 0.716. The molecule has 0 aliphatic carbocycles. The van der Waals surface area contributed by atoms with Crippen molar-refractivity contribution in [2.24, 2.45) is 0 Å². The van der Waals surface area contributed by atoms with E-state index in [1.807, 2.05) is 24.3 Å². The van der Waals surface area contributed by atoms with Crippen molar-refractivity contribution >= 4 is 39.0 Å². The summed E-state index contributed by atoms with van der Waals surface area (Å²) in [6, 6.07) is 9.29. The number of nitrogen functional groups attached to an aromatic ring is 1. The lowest BCUT2D eigenvalue weighted by Crippen LogP contribution is -2.20. The van der Waals surface area contributed by atoms with Crippen LogP contribution in [0.2, 0.25) is 0 Å². The zero-order chi connectivity index (χ0) is 19.0. The Morgan fingerprint density at radius 2 is 2.04 bits per heavy atom. The van der Waals surface area contributed by atoms with E-state index in [0.717, 1.165) is 10.1 Å². The summed E-state index contributed by atoms with van der Waals surface area (Å²) in [5.41, 5.74) is 6.94. The molecule has 8 heteroatoms. The number of nitriles is 1. The Bertz CT molecular complexity index is 1070. The number of amides is 1. The van der Waals surface area contributed by atoms with Crippen LogP contribution < -0.4 is 5.73 Å². The molecule has 2 heterocycles. The molecule has 0 aliphatic heterocycles. The van der Waals surface area contributed by atoms with Crippen LogP contribution in [0.1, 0.15) is 25.7 Å². The molecule has 0 fully saturated rings. The number of hydrogen-bond donors (Lipinski definition) is 1. The average molecular weight is 368 g/mol. The van der Waals surface area contributed by atoms with Gasteiger partial charge in [0.25, 0.3) is 5.91 Å². The first kappa shape index (κ1) is 17.5. The largest absolute Gasteiger partial charge is 0.464 e. The number of benzene rings is 1. The van der Waals surface area contributed by atoms with Gasteiger partial charge in [-0.1, -0.05) is 0 Å². The second kappa shape index (κ2) is 6.54. The molecule has 2 aromatic heterocycles. The van der Waals surface area contributed by atoms with E-state index in [9.17, 15) is 14.9 Å². The fourth-order valence-corrected chi connectivity index (χ4v) is 3.69. The summed E-state index contributed by atoms with van der Waals surface area (Å²) < 4.78 is 7.26. The first-order valence-corrected chi connectivity index (χ1v) is 8.44. The van der Waals surface area contributed by atoms with Gasteiger partial charge in [-0.3, -0.25) is 4.79 Å². The standard InChI is InChI=1S/C18H16N4O3S/c1-21(2)17(23)14-7-10-6-12(4-5-13(10)26-14)22-9-11(8-19)15(20)16(22)18(24)25-3/h4-7,9H,20H2,1-3H3. The Hall–Kier alpha value is -3.31. The van der Waals surface area contributed by atoms with Crippen molar-refractivity contribution in [2.45, 2.75) is 0 Å². The third-order valence-corrected chi connectivity index (χ3v) is 5.04. The third kappa shape index (κ3) is 2.78. The number of hydrogen-bond acceptors (Lipinski definition) is 6. The lowest BCUT2D eigenvalue weighted by Gasteiger charge is -2.08. The second-order valence-electron chi connectivity index (χ2n) is 5.81. The molecule has 7 nitrogen and oxygen atoms in total. The predicted octanol–water partition coefficient (Wildman–Crippen LogP) is 2.63. The maximum Gasteiger partial charge on any atom is 0.357 e. The minimum Gasteiger partial charge on any atom is -0.464 e. The van der Waals surface area contributed by atoms with Crippen molar-refractivity contribution in [3.63, 3.8) is 0 Å². The number of carbonyl (C=O) groups is 2. The number of nitrogens with two attached hydrogens (primary N) is 1. The fraction of sp³-hybridized carbons (Fsp3) is 0.167. The minimum absolute atomic E-state index is 0.0695. The number of carbonyl (C=O) groups excluding carboxylic acids is 2. The highest BCUT2D eigenvalue weighted by atomic mass is 32.1. The molecule has 3 aromatic rings. The van der Waals surface area contributed by atoms with Gasteiger partial charge in [0.2, 0.25) is 0 Å². The summed E-state index contributed by atoms with van der Waals surface area (Å²) in [5, 5.41) is 10.1. The summed E-state index contributed by atoms with van der Waals surface area (Å²) in [7, 11) is 4.66. The highest BCUT2D eigenvalue weighted by Gasteiger charge is 2.22. The van der Waals surface area contributed by atoms with Gasteiger partial charge in [-0.25, -0.2) is 4.79 Å². The molecule has 1 amide bonds. The molecule has 0 saturated heterocycles. The van der Waals surface area contributed by atoms with E-state index >= 15 is 0 Å². The van der Waals surface area contributed by atoms with Crippen LogP contribution in [0.25, 0.3) is 15.8 Å². The summed E-state index contributed by atoms with van der Waals surface area (Å²) in [6.45, 7) is 0. The molecule has 0 unspecified atom stereocenters. The molecular formula is C18H16N4O3S. The normalized spacial score (nSPS) is 10.5. The van der Waals surface area contributed by atoms with Gasteiger partial charge in [0.15, 0.2) is 5.69 Å². The number of anilines is 1. The van der Waals surface area contributed by atoms with Gasteiger partial charge in [-0.05, 0) is 29.7 Å². The van der Waals surface area contributed by atoms with Crippen molar-refractivity contribution in [3.05, 3.63) is 46.6 Å². The molecule has 132 valence electrons. The van der Waals surface area contributed by atoms with Crippen LogP contribution in [0.3, 0.4) is 0 Å². The average Bonchev–Trinajstić information content (AvgIpc) is 3.20. The van der Waals surface area contributed by atoms with Gasteiger partial charge in [0, 0.05) is 30.7 Å². The van der Waals surface area contributed by atoms with E-state index in [1.165, 1.54) is 34.1 Å². The van der Waals surface area contributed by atoms with Crippen LogP contribution in [0.4, 0.5) is 5.69 Å². The van der Waals surface area contributed by atoms with Gasteiger partial charge < -0.3 is 19.9 Å². The number of ether oxygens (including phenoxy) is 1. The Morgan fingerprint density at radius 3 is 2.65 bits per heavy atom. The number of fused-ring (bicyclic) bond motifs is 1. The second-order valence-corrected chi connectivity index (χ2v) is 6.89. The maximum absolute atomic E-state index is 12.2. The molecular weight excluding hydrogens is 352 g/mol. The molecule has 26 heavy (non-hydrogen) atoms. The maximum atomic E-state index is 12.2. The number of aromatic nitrogens is 1. The Morgan fingerprint density at radius 1 is 1.31 bits per heavy atom. The first-order chi connectivity index (χ1) is 12.4. The molecule has 0 spiro atoms. The van der Waals surface area contributed by atoms with Crippen molar-refractivity contribution in [1.82, 2.24) is 9.47 Å². The monoisotopic (exact) mass is 368 g/mol. The zero-order valence-electron chi connectivity index (χ0n) is 14.4. The highest BCUT2D eigenvalue weighted by molar-refractivity contribution is 7.20.